The van der Waals surface area contributed by atoms with Crippen LogP contribution in [0.4, 0.5) is 0 Å². The summed E-state index contributed by atoms with van der Waals surface area (Å²) >= 11 is 0. The fourth-order valence-corrected chi connectivity index (χ4v) is 3.04. The molecule has 1 aromatic carbocycles. The minimum Gasteiger partial charge on any atom is -0.424 e. The molecule has 2 heterocycles. The number of ether oxygens (including phenoxy) is 1. The summed E-state index contributed by atoms with van der Waals surface area (Å²) in [6, 6.07) is 10.4. The zero-order valence-corrected chi connectivity index (χ0v) is 12.8. The van der Waals surface area contributed by atoms with Crippen LogP contribution in [0.2, 0.25) is 0 Å². The molecule has 1 saturated heterocycles. The molecule has 0 spiro atoms. The number of morpholine rings is 1. The molecule has 1 aliphatic heterocycles. The van der Waals surface area contributed by atoms with Gasteiger partial charge < -0.3 is 9.15 Å². The van der Waals surface area contributed by atoms with Crippen LogP contribution >= 0.6 is 0 Å². The van der Waals surface area contributed by atoms with Crippen molar-refractivity contribution in [2.24, 2.45) is 0 Å². The van der Waals surface area contributed by atoms with Crippen molar-refractivity contribution in [2.45, 2.75) is 44.4 Å². The molecule has 2 aliphatic rings. The molecule has 0 N–H and O–H groups in total. The summed E-state index contributed by atoms with van der Waals surface area (Å²) in [7, 11) is 0. The summed E-state index contributed by atoms with van der Waals surface area (Å²) in [5.41, 5.74) is 1.23. The molecule has 2 unspecified atom stereocenters. The summed E-state index contributed by atoms with van der Waals surface area (Å²) in [5, 5.41) is 8.36. The predicted molar refractivity (Wildman–Crippen MR) is 81.3 cm³/mol. The van der Waals surface area contributed by atoms with Crippen molar-refractivity contribution in [3.63, 3.8) is 0 Å². The summed E-state index contributed by atoms with van der Waals surface area (Å²) in [6.07, 6.45) is 2.68. The lowest BCUT2D eigenvalue weighted by molar-refractivity contribution is -0.0830. The molecule has 2 fully saturated rings. The van der Waals surface area contributed by atoms with Gasteiger partial charge in [0, 0.05) is 19.0 Å². The van der Waals surface area contributed by atoms with E-state index < -0.39 is 0 Å². The Kier molecular flexibility index (Phi) is 3.68. The van der Waals surface area contributed by atoms with E-state index in [1.54, 1.807) is 0 Å². The topological polar surface area (TPSA) is 51.4 Å². The normalized spacial score (nSPS) is 26.2. The lowest BCUT2D eigenvalue weighted by Crippen LogP contribution is -2.42. The highest BCUT2D eigenvalue weighted by Crippen LogP contribution is 2.39. The van der Waals surface area contributed by atoms with E-state index in [1.165, 1.54) is 18.4 Å². The second-order valence-corrected chi connectivity index (χ2v) is 6.35. The summed E-state index contributed by atoms with van der Waals surface area (Å²) in [5.74, 6) is 2.06. The monoisotopic (exact) mass is 299 g/mol. The van der Waals surface area contributed by atoms with Crippen LogP contribution in [0, 0.1) is 0 Å². The fraction of sp³-hybridized carbons (Fsp3) is 0.529. The van der Waals surface area contributed by atoms with Crippen LogP contribution in [0.25, 0.3) is 0 Å². The van der Waals surface area contributed by atoms with Gasteiger partial charge in [-0.2, -0.15) is 0 Å². The van der Waals surface area contributed by atoms with Crippen LogP contribution in [0.1, 0.15) is 49.1 Å². The molecular weight excluding hydrogens is 278 g/mol. The molecule has 2 atom stereocenters. The smallest absolute Gasteiger partial charge is 0.230 e. The van der Waals surface area contributed by atoms with E-state index in [4.69, 9.17) is 9.15 Å². The van der Waals surface area contributed by atoms with Gasteiger partial charge in [0.2, 0.25) is 11.8 Å². The first-order valence-electron chi connectivity index (χ1n) is 8.03. The van der Waals surface area contributed by atoms with Crippen molar-refractivity contribution >= 4 is 0 Å². The van der Waals surface area contributed by atoms with Crippen molar-refractivity contribution in [3.05, 3.63) is 47.7 Å². The first kappa shape index (κ1) is 13.9. The maximum absolute atomic E-state index is 6.09. The SMILES string of the molecule is CC1CN(Cc2nnc(C3CC3)o2)CC(c2ccccc2)O1. The van der Waals surface area contributed by atoms with Crippen molar-refractivity contribution < 1.29 is 9.15 Å². The van der Waals surface area contributed by atoms with E-state index in [1.807, 2.05) is 6.07 Å². The van der Waals surface area contributed by atoms with E-state index in [0.717, 1.165) is 24.9 Å². The molecule has 2 aromatic rings. The number of rotatable bonds is 4. The third kappa shape index (κ3) is 3.05. The Morgan fingerprint density at radius 2 is 1.95 bits per heavy atom. The third-order valence-corrected chi connectivity index (χ3v) is 4.28. The van der Waals surface area contributed by atoms with Gasteiger partial charge in [-0.1, -0.05) is 30.3 Å². The van der Waals surface area contributed by atoms with Gasteiger partial charge in [-0.25, -0.2) is 0 Å². The molecule has 5 nitrogen and oxygen atoms in total. The second-order valence-electron chi connectivity index (χ2n) is 6.35. The van der Waals surface area contributed by atoms with Gasteiger partial charge >= 0.3 is 0 Å². The Bertz CT molecular complexity index is 624. The Hall–Kier alpha value is -1.72. The molecule has 4 rings (SSSR count). The lowest BCUT2D eigenvalue weighted by Gasteiger charge is -2.36. The summed E-state index contributed by atoms with van der Waals surface area (Å²) in [4.78, 5) is 2.34. The molecule has 5 heteroatoms. The van der Waals surface area contributed by atoms with Gasteiger partial charge in [0.25, 0.3) is 0 Å². The molecule has 22 heavy (non-hydrogen) atoms. The van der Waals surface area contributed by atoms with Crippen molar-refractivity contribution in [3.8, 4) is 0 Å². The molecule has 0 radical (unpaired) electrons. The Balaban J connectivity index is 1.44. The molecular formula is C17H21N3O2. The molecule has 116 valence electrons. The number of hydrogen-bond acceptors (Lipinski definition) is 5. The number of aromatic nitrogens is 2. The molecule has 1 aliphatic carbocycles. The first-order chi connectivity index (χ1) is 10.8. The summed E-state index contributed by atoms with van der Waals surface area (Å²) < 4.78 is 11.9. The van der Waals surface area contributed by atoms with E-state index in [9.17, 15) is 0 Å². The maximum Gasteiger partial charge on any atom is 0.230 e. The van der Waals surface area contributed by atoms with Crippen LogP contribution in [-0.2, 0) is 11.3 Å². The number of benzene rings is 1. The Morgan fingerprint density at radius 1 is 1.14 bits per heavy atom. The van der Waals surface area contributed by atoms with E-state index in [2.05, 4.69) is 46.3 Å². The van der Waals surface area contributed by atoms with Crippen LogP contribution in [-0.4, -0.2) is 34.3 Å². The van der Waals surface area contributed by atoms with Gasteiger partial charge in [-0.15, -0.1) is 10.2 Å². The minimum absolute atomic E-state index is 0.107. The summed E-state index contributed by atoms with van der Waals surface area (Å²) in [6.45, 7) is 4.57. The standard InChI is InChI=1S/C17H21N3O2/c1-12-9-20(10-15(21-12)13-5-3-2-4-6-13)11-16-18-19-17(22-16)14-7-8-14/h2-6,12,14-15H,7-11H2,1H3. The largest absolute Gasteiger partial charge is 0.424 e. The van der Waals surface area contributed by atoms with Gasteiger partial charge in [0.15, 0.2) is 0 Å². The highest BCUT2D eigenvalue weighted by atomic mass is 16.5. The maximum atomic E-state index is 6.09. The Labute approximate surface area is 130 Å². The predicted octanol–water partition coefficient (Wildman–Crippen LogP) is 2.91. The minimum atomic E-state index is 0.107. The number of hydrogen-bond donors (Lipinski definition) is 0. The highest BCUT2D eigenvalue weighted by molar-refractivity contribution is 5.18. The Morgan fingerprint density at radius 3 is 2.73 bits per heavy atom. The highest BCUT2D eigenvalue weighted by Gasteiger charge is 2.31. The van der Waals surface area contributed by atoms with Crippen molar-refractivity contribution in [2.75, 3.05) is 13.1 Å². The quantitative estimate of drug-likeness (QED) is 0.869. The van der Waals surface area contributed by atoms with Crippen molar-refractivity contribution in [1.82, 2.24) is 15.1 Å². The van der Waals surface area contributed by atoms with E-state index in [-0.39, 0.29) is 12.2 Å². The molecule has 1 aromatic heterocycles. The van der Waals surface area contributed by atoms with E-state index in [0.29, 0.717) is 12.5 Å². The zero-order chi connectivity index (χ0) is 14.9. The molecule has 0 amide bonds. The van der Waals surface area contributed by atoms with Gasteiger partial charge in [-0.3, -0.25) is 4.90 Å². The zero-order valence-electron chi connectivity index (χ0n) is 12.8. The van der Waals surface area contributed by atoms with Gasteiger partial charge in [-0.05, 0) is 25.3 Å². The first-order valence-corrected chi connectivity index (χ1v) is 8.03. The van der Waals surface area contributed by atoms with Gasteiger partial charge in [0.1, 0.15) is 0 Å². The fourth-order valence-electron chi connectivity index (χ4n) is 3.04. The van der Waals surface area contributed by atoms with Crippen LogP contribution in [0.3, 0.4) is 0 Å². The number of nitrogens with zero attached hydrogens (tertiary/aromatic N) is 3. The van der Waals surface area contributed by atoms with Crippen molar-refractivity contribution in [1.29, 1.82) is 0 Å². The lowest BCUT2D eigenvalue weighted by atomic mass is 10.1. The van der Waals surface area contributed by atoms with E-state index >= 15 is 0 Å². The van der Waals surface area contributed by atoms with Crippen LogP contribution in [0.15, 0.2) is 34.7 Å². The van der Waals surface area contributed by atoms with Gasteiger partial charge in [0.05, 0.1) is 18.8 Å². The second kappa shape index (κ2) is 5.82. The molecule has 1 saturated carbocycles. The molecule has 0 bridgehead atoms. The average molecular weight is 299 g/mol. The third-order valence-electron chi connectivity index (χ3n) is 4.28. The average Bonchev–Trinajstić information content (AvgIpc) is 3.28. The van der Waals surface area contributed by atoms with Crippen LogP contribution in [0.5, 0.6) is 0 Å². The van der Waals surface area contributed by atoms with Crippen LogP contribution < -0.4 is 0 Å².